The van der Waals surface area contributed by atoms with Crippen LogP contribution in [0.3, 0.4) is 0 Å². The predicted octanol–water partition coefficient (Wildman–Crippen LogP) is 3.06. The highest BCUT2D eigenvalue weighted by atomic mass is 16.6. The van der Waals surface area contributed by atoms with Gasteiger partial charge in [-0.3, -0.25) is 14.9 Å². The van der Waals surface area contributed by atoms with Crippen molar-refractivity contribution in [3.63, 3.8) is 0 Å². The standard InChI is InChI=1S/C16H22N2O5/c1-3-23-15-9-12(13(18(20)21)10-14(15)22-2)16(19)17-11-7-5-4-6-8-11/h9-11H,3-8H2,1-2H3,(H,17,19). The van der Waals surface area contributed by atoms with Gasteiger partial charge in [0, 0.05) is 12.1 Å². The number of benzene rings is 1. The Labute approximate surface area is 135 Å². The molecule has 1 fully saturated rings. The molecule has 0 saturated heterocycles. The van der Waals surface area contributed by atoms with Gasteiger partial charge in [-0.05, 0) is 19.8 Å². The van der Waals surface area contributed by atoms with E-state index in [1.165, 1.54) is 25.7 Å². The highest BCUT2D eigenvalue weighted by Gasteiger charge is 2.26. The number of ether oxygens (including phenoxy) is 2. The molecule has 1 aromatic rings. The quantitative estimate of drug-likeness (QED) is 0.642. The Morgan fingerprint density at radius 1 is 1.30 bits per heavy atom. The predicted molar refractivity (Wildman–Crippen MR) is 85.2 cm³/mol. The second-order valence-electron chi connectivity index (χ2n) is 5.52. The number of carbonyl (C=O) groups is 1. The summed E-state index contributed by atoms with van der Waals surface area (Å²) in [6, 6.07) is 2.70. The Balaban J connectivity index is 2.31. The molecule has 0 aliphatic heterocycles. The molecular formula is C16H22N2O5. The lowest BCUT2D eigenvalue weighted by Crippen LogP contribution is -2.36. The number of amides is 1. The number of nitro benzene ring substituents is 1. The Hall–Kier alpha value is -2.31. The maximum absolute atomic E-state index is 12.5. The Kier molecular flexibility index (Phi) is 5.78. The molecule has 1 aromatic carbocycles. The summed E-state index contributed by atoms with van der Waals surface area (Å²) in [7, 11) is 1.41. The van der Waals surface area contributed by atoms with Crippen molar-refractivity contribution in [3.8, 4) is 11.5 Å². The number of hydrogen-bond donors (Lipinski definition) is 1. The average Bonchev–Trinajstić information content (AvgIpc) is 2.55. The zero-order valence-corrected chi connectivity index (χ0v) is 13.5. The number of hydrogen-bond acceptors (Lipinski definition) is 5. The Bertz CT molecular complexity index is 582. The van der Waals surface area contributed by atoms with Gasteiger partial charge in [-0.2, -0.15) is 0 Å². The third-order valence-electron chi connectivity index (χ3n) is 3.96. The molecule has 0 aromatic heterocycles. The van der Waals surface area contributed by atoms with Crippen LogP contribution in [0.25, 0.3) is 0 Å². The SMILES string of the molecule is CCOc1cc(C(=O)NC2CCCCC2)c([N+](=O)[O-])cc1OC. The summed E-state index contributed by atoms with van der Waals surface area (Å²) >= 11 is 0. The first kappa shape index (κ1) is 17.1. The van der Waals surface area contributed by atoms with E-state index in [4.69, 9.17) is 9.47 Å². The van der Waals surface area contributed by atoms with Crippen LogP contribution in [0.4, 0.5) is 5.69 Å². The zero-order chi connectivity index (χ0) is 16.8. The smallest absolute Gasteiger partial charge is 0.286 e. The minimum Gasteiger partial charge on any atom is -0.493 e. The van der Waals surface area contributed by atoms with Crippen LogP contribution in [0.2, 0.25) is 0 Å². The highest BCUT2D eigenvalue weighted by molar-refractivity contribution is 5.99. The van der Waals surface area contributed by atoms with Crippen LogP contribution < -0.4 is 14.8 Å². The molecule has 1 amide bonds. The van der Waals surface area contributed by atoms with Gasteiger partial charge in [0.25, 0.3) is 11.6 Å². The molecule has 1 saturated carbocycles. The minimum atomic E-state index is -0.575. The van der Waals surface area contributed by atoms with Crippen molar-refractivity contribution >= 4 is 11.6 Å². The van der Waals surface area contributed by atoms with E-state index in [1.807, 2.05) is 0 Å². The molecule has 0 bridgehead atoms. The van der Waals surface area contributed by atoms with Gasteiger partial charge in [-0.25, -0.2) is 0 Å². The van der Waals surface area contributed by atoms with E-state index in [-0.39, 0.29) is 23.0 Å². The fraction of sp³-hybridized carbons (Fsp3) is 0.562. The molecule has 126 valence electrons. The van der Waals surface area contributed by atoms with Crippen LogP contribution in [0.1, 0.15) is 49.4 Å². The van der Waals surface area contributed by atoms with Gasteiger partial charge < -0.3 is 14.8 Å². The molecule has 0 atom stereocenters. The molecule has 1 N–H and O–H groups in total. The third-order valence-corrected chi connectivity index (χ3v) is 3.96. The molecule has 1 aliphatic carbocycles. The molecule has 0 heterocycles. The van der Waals surface area contributed by atoms with E-state index in [9.17, 15) is 14.9 Å². The van der Waals surface area contributed by atoms with E-state index < -0.39 is 10.8 Å². The van der Waals surface area contributed by atoms with E-state index >= 15 is 0 Å². The first-order valence-corrected chi connectivity index (χ1v) is 7.87. The molecule has 1 aliphatic rings. The van der Waals surface area contributed by atoms with Crippen molar-refractivity contribution in [2.75, 3.05) is 13.7 Å². The number of nitrogens with zero attached hydrogens (tertiary/aromatic N) is 1. The second kappa shape index (κ2) is 7.80. The number of nitro groups is 1. The lowest BCUT2D eigenvalue weighted by molar-refractivity contribution is -0.385. The first-order chi connectivity index (χ1) is 11.1. The molecular weight excluding hydrogens is 300 g/mol. The van der Waals surface area contributed by atoms with Gasteiger partial charge in [0.2, 0.25) is 0 Å². The van der Waals surface area contributed by atoms with Crippen molar-refractivity contribution < 1.29 is 19.2 Å². The molecule has 2 rings (SSSR count). The Morgan fingerprint density at radius 3 is 2.57 bits per heavy atom. The van der Waals surface area contributed by atoms with Crippen molar-refractivity contribution in [2.24, 2.45) is 0 Å². The Morgan fingerprint density at radius 2 is 2.00 bits per heavy atom. The molecule has 0 unspecified atom stereocenters. The lowest BCUT2D eigenvalue weighted by Gasteiger charge is -2.23. The molecule has 23 heavy (non-hydrogen) atoms. The summed E-state index contributed by atoms with van der Waals surface area (Å²) in [4.78, 5) is 23.2. The summed E-state index contributed by atoms with van der Waals surface area (Å²) in [5.74, 6) is 0.134. The van der Waals surface area contributed by atoms with E-state index in [2.05, 4.69) is 5.32 Å². The third kappa shape index (κ3) is 4.12. The highest BCUT2D eigenvalue weighted by Crippen LogP contribution is 2.35. The number of methoxy groups -OCH3 is 1. The number of rotatable bonds is 6. The molecule has 0 spiro atoms. The van der Waals surface area contributed by atoms with Gasteiger partial charge in [0.05, 0.1) is 24.7 Å². The van der Waals surface area contributed by atoms with Crippen LogP contribution in [0, 0.1) is 10.1 Å². The van der Waals surface area contributed by atoms with E-state index in [1.54, 1.807) is 6.92 Å². The fourth-order valence-electron chi connectivity index (χ4n) is 2.82. The van der Waals surface area contributed by atoms with Crippen molar-refractivity contribution in [3.05, 3.63) is 27.8 Å². The summed E-state index contributed by atoms with van der Waals surface area (Å²) in [6.45, 7) is 2.17. The topological polar surface area (TPSA) is 90.7 Å². The van der Waals surface area contributed by atoms with Crippen molar-refractivity contribution in [2.45, 2.75) is 45.1 Å². The van der Waals surface area contributed by atoms with Gasteiger partial charge >= 0.3 is 0 Å². The van der Waals surface area contributed by atoms with Gasteiger partial charge in [0.15, 0.2) is 11.5 Å². The molecule has 7 nitrogen and oxygen atoms in total. The largest absolute Gasteiger partial charge is 0.493 e. The fourth-order valence-corrected chi connectivity index (χ4v) is 2.82. The molecule has 7 heteroatoms. The summed E-state index contributed by atoms with van der Waals surface area (Å²) in [5, 5.41) is 14.2. The maximum Gasteiger partial charge on any atom is 0.286 e. The lowest BCUT2D eigenvalue weighted by atomic mass is 9.95. The maximum atomic E-state index is 12.5. The first-order valence-electron chi connectivity index (χ1n) is 7.87. The average molecular weight is 322 g/mol. The summed E-state index contributed by atoms with van der Waals surface area (Å²) < 4.78 is 10.5. The molecule has 0 radical (unpaired) electrons. The van der Waals surface area contributed by atoms with Crippen molar-refractivity contribution in [1.82, 2.24) is 5.32 Å². The number of carbonyl (C=O) groups excluding carboxylic acids is 1. The normalized spacial score (nSPS) is 15.0. The van der Waals surface area contributed by atoms with Crippen LogP contribution in [-0.2, 0) is 0 Å². The summed E-state index contributed by atoms with van der Waals surface area (Å²) in [5.41, 5.74) is -0.275. The van der Waals surface area contributed by atoms with Crippen molar-refractivity contribution in [1.29, 1.82) is 0 Å². The van der Waals surface area contributed by atoms with Crippen LogP contribution in [-0.4, -0.2) is 30.6 Å². The van der Waals surface area contributed by atoms with E-state index in [0.717, 1.165) is 25.7 Å². The van der Waals surface area contributed by atoms with Gasteiger partial charge in [-0.15, -0.1) is 0 Å². The monoisotopic (exact) mass is 322 g/mol. The van der Waals surface area contributed by atoms with Crippen LogP contribution in [0.5, 0.6) is 11.5 Å². The summed E-state index contributed by atoms with van der Waals surface area (Å²) in [6.07, 6.45) is 5.13. The number of nitrogens with one attached hydrogen (secondary N) is 1. The van der Waals surface area contributed by atoms with Crippen LogP contribution >= 0.6 is 0 Å². The van der Waals surface area contributed by atoms with Crippen LogP contribution in [0.15, 0.2) is 12.1 Å². The van der Waals surface area contributed by atoms with Gasteiger partial charge in [0.1, 0.15) is 5.56 Å². The minimum absolute atomic E-state index is 0.00447. The van der Waals surface area contributed by atoms with E-state index in [0.29, 0.717) is 12.4 Å². The zero-order valence-electron chi connectivity index (χ0n) is 13.5. The van der Waals surface area contributed by atoms with Gasteiger partial charge in [-0.1, -0.05) is 19.3 Å². The second-order valence-corrected chi connectivity index (χ2v) is 5.52.